The molecule has 1 atom stereocenters. The Morgan fingerprint density at radius 1 is 1.33 bits per heavy atom. The predicted molar refractivity (Wildman–Crippen MR) is 86.1 cm³/mol. The molecule has 112 valence electrons. The number of aliphatic hydroxyl groups excluding tert-OH is 1. The van der Waals surface area contributed by atoms with E-state index in [1.54, 1.807) is 11.3 Å². The summed E-state index contributed by atoms with van der Waals surface area (Å²) in [6.45, 7) is 1.87. The monoisotopic (exact) mass is 369 g/mol. The van der Waals surface area contributed by atoms with E-state index in [1.807, 2.05) is 23.6 Å². The van der Waals surface area contributed by atoms with Crippen molar-refractivity contribution in [3.05, 3.63) is 44.6 Å². The highest BCUT2D eigenvalue weighted by molar-refractivity contribution is 9.10. The molecule has 2 aromatic rings. The Kier molecular flexibility index (Phi) is 4.80. The molecular formula is C15H16BrNO3S. The van der Waals surface area contributed by atoms with Gasteiger partial charge in [0.2, 0.25) is 0 Å². The number of halogens is 1. The average Bonchev–Trinajstić information content (AvgIpc) is 3.01. The molecule has 2 N–H and O–H groups in total. The number of benzene rings is 1. The first-order valence-electron chi connectivity index (χ1n) is 6.73. The van der Waals surface area contributed by atoms with Gasteiger partial charge in [-0.05, 0) is 45.1 Å². The molecule has 0 fully saturated rings. The van der Waals surface area contributed by atoms with Gasteiger partial charge in [-0.3, -0.25) is 0 Å². The third-order valence-corrected chi connectivity index (χ3v) is 4.77. The van der Waals surface area contributed by atoms with E-state index in [9.17, 15) is 5.11 Å². The minimum absolute atomic E-state index is 0.0253. The van der Waals surface area contributed by atoms with Gasteiger partial charge < -0.3 is 19.9 Å². The zero-order chi connectivity index (χ0) is 14.7. The van der Waals surface area contributed by atoms with Crippen LogP contribution in [0.15, 0.2) is 34.1 Å². The van der Waals surface area contributed by atoms with Gasteiger partial charge in [0.15, 0.2) is 11.5 Å². The van der Waals surface area contributed by atoms with E-state index in [2.05, 4.69) is 27.3 Å². The Balaban J connectivity index is 1.78. The zero-order valence-electron chi connectivity index (χ0n) is 11.3. The summed E-state index contributed by atoms with van der Waals surface area (Å²) in [5.41, 5.74) is 0.977. The van der Waals surface area contributed by atoms with Crippen molar-refractivity contribution < 1.29 is 14.6 Å². The fraction of sp³-hybridized carbons (Fsp3) is 0.333. The van der Waals surface area contributed by atoms with Crippen LogP contribution in [0.2, 0.25) is 0 Å². The van der Waals surface area contributed by atoms with E-state index >= 15 is 0 Å². The summed E-state index contributed by atoms with van der Waals surface area (Å²) in [7, 11) is 0. The Bertz CT molecular complexity index is 603. The highest BCUT2D eigenvalue weighted by Crippen LogP contribution is 2.39. The van der Waals surface area contributed by atoms with E-state index in [1.165, 1.54) is 4.88 Å². The molecule has 1 aliphatic heterocycles. The maximum atomic E-state index is 9.66. The molecule has 1 unspecified atom stereocenters. The summed E-state index contributed by atoms with van der Waals surface area (Å²) in [5.74, 6) is 1.46. The maximum Gasteiger partial charge on any atom is 0.175 e. The normalized spacial score (nSPS) is 15.0. The first kappa shape index (κ1) is 14.8. The van der Waals surface area contributed by atoms with Crippen molar-refractivity contribution in [1.29, 1.82) is 0 Å². The summed E-state index contributed by atoms with van der Waals surface area (Å²) in [6.07, 6.45) is 0. The molecule has 0 saturated carbocycles. The number of thiophene rings is 1. The van der Waals surface area contributed by atoms with Crippen LogP contribution in [0.3, 0.4) is 0 Å². The number of hydrogen-bond donors (Lipinski definition) is 2. The molecule has 21 heavy (non-hydrogen) atoms. The van der Waals surface area contributed by atoms with Crippen LogP contribution >= 0.6 is 27.3 Å². The predicted octanol–water partition coefficient (Wildman–Crippen LogP) is 3.11. The van der Waals surface area contributed by atoms with Crippen molar-refractivity contribution in [2.75, 3.05) is 19.8 Å². The van der Waals surface area contributed by atoms with Crippen molar-refractivity contribution in [2.24, 2.45) is 0 Å². The number of aliphatic hydroxyl groups is 1. The summed E-state index contributed by atoms with van der Waals surface area (Å²) in [4.78, 5) is 1.24. The lowest BCUT2D eigenvalue weighted by atomic mass is 10.1. The second kappa shape index (κ2) is 6.79. The van der Waals surface area contributed by atoms with Crippen LogP contribution in [0.1, 0.15) is 16.5 Å². The second-order valence-corrected chi connectivity index (χ2v) is 6.61. The van der Waals surface area contributed by atoms with Gasteiger partial charge in [0.1, 0.15) is 13.2 Å². The summed E-state index contributed by atoms with van der Waals surface area (Å²) >= 11 is 5.21. The van der Waals surface area contributed by atoms with Gasteiger partial charge >= 0.3 is 0 Å². The van der Waals surface area contributed by atoms with Crippen molar-refractivity contribution in [2.45, 2.75) is 12.6 Å². The van der Waals surface area contributed by atoms with Gasteiger partial charge in [0, 0.05) is 11.4 Å². The van der Waals surface area contributed by atoms with Gasteiger partial charge in [0.05, 0.1) is 17.1 Å². The highest BCUT2D eigenvalue weighted by Gasteiger charge is 2.19. The van der Waals surface area contributed by atoms with Gasteiger partial charge in [0.25, 0.3) is 0 Å². The molecule has 0 spiro atoms. The lowest BCUT2D eigenvalue weighted by Crippen LogP contribution is -2.24. The van der Waals surface area contributed by atoms with Crippen molar-refractivity contribution >= 4 is 27.3 Å². The third kappa shape index (κ3) is 3.40. The van der Waals surface area contributed by atoms with Crippen molar-refractivity contribution in [1.82, 2.24) is 5.32 Å². The molecule has 3 rings (SSSR count). The number of rotatable bonds is 5. The van der Waals surface area contributed by atoms with Crippen molar-refractivity contribution in [3.8, 4) is 11.5 Å². The largest absolute Gasteiger partial charge is 0.486 e. The Labute approximate surface area is 135 Å². The van der Waals surface area contributed by atoms with E-state index < -0.39 is 0 Å². The molecular weight excluding hydrogens is 354 g/mol. The number of fused-ring (bicyclic) bond motifs is 1. The minimum Gasteiger partial charge on any atom is -0.486 e. The second-order valence-electron chi connectivity index (χ2n) is 4.72. The van der Waals surface area contributed by atoms with Crippen LogP contribution in [0.25, 0.3) is 0 Å². The molecule has 1 aliphatic rings. The number of ether oxygens (including phenoxy) is 2. The van der Waals surface area contributed by atoms with E-state index in [0.29, 0.717) is 13.2 Å². The van der Waals surface area contributed by atoms with Crippen LogP contribution in [0.4, 0.5) is 0 Å². The molecule has 0 bridgehead atoms. The molecule has 0 radical (unpaired) electrons. The minimum atomic E-state index is -0.140. The van der Waals surface area contributed by atoms with E-state index in [0.717, 1.165) is 28.1 Å². The Hall–Kier alpha value is -1.08. The number of hydrogen-bond acceptors (Lipinski definition) is 5. The third-order valence-electron chi connectivity index (χ3n) is 3.31. The smallest absolute Gasteiger partial charge is 0.175 e. The van der Waals surface area contributed by atoms with E-state index in [4.69, 9.17) is 9.47 Å². The molecule has 1 aromatic carbocycles. The summed E-state index contributed by atoms with van der Waals surface area (Å²) < 4.78 is 12.1. The lowest BCUT2D eigenvalue weighted by Gasteiger charge is -2.23. The van der Waals surface area contributed by atoms with Crippen LogP contribution in [0, 0.1) is 0 Å². The van der Waals surface area contributed by atoms with Gasteiger partial charge in [-0.15, -0.1) is 11.3 Å². The highest BCUT2D eigenvalue weighted by atomic mass is 79.9. The molecule has 6 heteroatoms. The quantitative estimate of drug-likeness (QED) is 0.849. The van der Waals surface area contributed by atoms with Crippen LogP contribution in [-0.4, -0.2) is 24.9 Å². The van der Waals surface area contributed by atoms with Crippen molar-refractivity contribution in [3.63, 3.8) is 0 Å². The van der Waals surface area contributed by atoms with E-state index in [-0.39, 0.29) is 12.6 Å². The zero-order valence-corrected chi connectivity index (χ0v) is 13.7. The fourth-order valence-electron chi connectivity index (χ4n) is 2.26. The standard InChI is InChI=1S/C15H16BrNO3S/c16-12-6-10(7-14-15(12)20-4-3-19-14)13(9-18)17-8-11-2-1-5-21-11/h1-2,5-7,13,17-18H,3-4,8-9H2. The first-order valence-corrected chi connectivity index (χ1v) is 8.41. The summed E-state index contributed by atoms with van der Waals surface area (Å²) in [5, 5.41) is 15.1. The maximum absolute atomic E-state index is 9.66. The Morgan fingerprint density at radius 3 is 2.95 bits per heavy atom. The Morgan fingerprint density at radius 2 is 2.19 bits per heavy atom. The molecule has 0 amide bonds. The van der Waals surface area contributed by atoms with Gasteiger partial charge in [-0.2, -0.15) is 0 Å². The van der Waals surface area contributed by atoms with Gasteiger partial charge in [-0.1, -0.05) is 6.07 Å². The molecule has 0 saturated heterocycles. The van der Waals surface area contributed by atoms with Crippen LogP contribution in [0.5, 0.6) is 11.5 Å². The summed E-state index contributed by atoms with van der Waals surface area (Å²) in [6, 6.07) is 7.86. The average molecular weight is 370 g/mol. The number of nitrogens with one attached hydrogen (secondary N) is 1. The molecule has 1 aromatic heterocycles. The first-order chi connectivity index (χ1) is 10.3. The SMILES string of the molecule is OCC(NCc1cccs1)c1cc(Br)c2c(c1)OCCO2. The molecule has 2 heterocycles. The molecule has 4 nitrogen and oxygen atoms in total. The topological polar surface area (TPSA) is 50.7 Å². The molecule has 0 aliphatic carbocycles. The fourth-order valence-corrected chi connectivity index (χ4v) is 3.49. The van der Waals surface area contributed by atoms with Crippen LogP contribution < -0.4 is 14.8 Å². The lowest BCUT2D eigenvalue weighted by molar-refractivity contribution is 0.169. The van der Waals surface area contributed by atoms with Crippen LogP contribution in [-0.2, 0) is 6.54 Å². The van der Waals surface area contributed by atoms with Gasteiger partial charge in [-0.25, -0.2) is 0 Å².